The van der Waals surface area contributed by atoms with Gasteiger partial charge >= 0.3 is 0 Å². The molecule has 0 saturated heterocycles. The van der Waals surface area contributed by atoms with Crippen LogP contribution in [0.2, 0.25) is 0 Å². The molecule has 8 heteroatoms. The van der Waals surface area contributed by atoms with E-state index >= 15 is 0 Å². The van der Waals surface area contributed by atoms with Crippen LogP contribution in [0, 0.1) is 11.8 Å². The summed E-state index contributed by atoms with van der Waals surface area (Å²) < 4.78 is 0. The Balaban J connectivity index is 1.14. The van der Waals surface area contributed by atoms with Crippen molar-refractivity contribution >= 4 is 67.0 Å². The zero-order chi connectivity index (χ0) is 31.1. The van der Waals surface area contributed by atoms with Gasteiger partial charge in [-0.05, 0) is 36.8 Å². The summed E-state index contributed by atoms with van der Waals surface area (Å²) >= 11 is 0. The highest BCUT2D eigenvalue weighted by Crippen LogP contribution is 2.45. The maximum Gasteiger partial charge on any atom is 0.262 e. The Labute approximate surface area is 266 Å². The van der Waals surface area contributed by atoms with Gasteiger partial charge < -0.3 is 0 Å². The molecule has 2 aliphatic carbocycles. The van der Waals surface area contributed by atoms with Crippen molar-refractivity contribution in [1.82, 2.24) is 19.8 Å². The maximum atomic E-state index is 13.8. The van der Waals surface area contributed by atoms with Crippen molar-refractivity contribution in [2.45, 2.75) is 77.0 Å². The fourth-order valence-corrected chi connectivity index (χ4v) is 9.00. The van der Waals surface area contributed by atoms with E-state index in [4.69, 9.17) is 9.97 Å². The highest BCUT2D eigenvalue weighted by atomic mass is 16.2. The highest BCUT2D eigenvalue weighted by molar-refractivity contribution is 6.39. The quantitative estimate of drug-likeness (QED) is 0.111. The lowest BCUT2D eigenvalue weighted by Gasteiger charge is -2.31. The molecule has 3 aromatic carbocycles. The number of nitrogens with zero attached hydrogens (tertiary/aromatic N) is 4. The van der Waals surface area contributed by atoms with Crippen molar-refractivity contribution in [1.29, 1.82) is 0 Å². The second-order valence-electron chi connectivity index (χ2n) is 14.0. The molecule has 4 amide bonds. The number of fused-ring (bicyclic) bond motifs is 2. The first kappa shape index (κ1) is 27.8. The molecule has 4 heterocycles. The Morgan fingerprint density at radius 1 is 0.500 bits per heavy atom. The van der Waals surface area contributed by atoms with Crippen LogP contribution < -0.4 is 0 Å². The van der Waals surface area contributed by atoms with Crippen LogP contribution in [0.3, 0.4) is 0 Å². The predicted octanol–water partition coefficient (Wildman–Crippen LogP) is 7.66. The van der Waals surface area contributed by atoms with Gasteiger partial charge in [-0.15, -0.1) is 0 Å². The average Bonchev–Trinajstić information content (AvgIpc) is 3.09. The van der Waals surface area contributed by atoms with Crippen molar-refractivity contribution in [3.8, 4) is 0 Å². The summed E-state index contributed by atoms with van der Waals surface area (Å²) in [6.45, 7) is 0.837. The molecule has 9 rings (SSSR count). The third kappa shape index (κ3) is 3.98. The summed E-state index contributed by atoms with van der Waals surface area (Å²) in [7, 11) is 0. The third-order valence-electron chi connectivity index (χ3n) is 11.5. The Bertz CT molecular complexity index is 1850. The van der Waals surface area contributed by atoms with Gasteiger partial charge in [0.05, 0.1) is 22.2 Å². The SMILES string of the molecule is O=C1c2ccc3c4ncc5c6c(ccc(c7ncc(c2c37)C(=O)N1CCC1CCCCC1)c64)C(=O)N(CCC1CCCCC1)C5=O. The van der Waals surface area contributed by atoms with E-state index in [1.165, 1.54) is 48.3 Å². The lowest BCUT2D eigenvalue weighted by atomic mass is 9.85. The van der Waals surface area contributed by atoms with Crippen LogP contribution in [0.25, 0.3) is 43.4 Å². The number of amides is 4. The maximum absolute atomic E-state index is 13.8. The smallest absolute Gasteiger partial charge is 0.262 e. The molecule has 2 saturated carbocycles. The Kier molecular flexibility index (Phi) is 6.37. The van der Waals surface area contributed by atoms with E-state index in [1.54, 1.807) is 24.5 Å². The van der Waals surface area contributed by atoms with Gasteiger partial charge in [0, 0.05) is 68.9 Å². The van der Waals surface area contributed by atoms with E-state index in [-0.39, 0.29) is 23.6 Å². The Morgan fingerprint density at radius 3 is 1.30 bits per heavy atom. The van der Waals surface area contributed by atoms with Crippen LogP contribution in [-0.2, 0) is 0 Å². The molecule has 0 unspecified atom stereocenters. The van der Waals surface area contributed by atoms with Gasteiger partial charge in [0.15, 0.2) is 0 Å². The van der Waals surface area contributed by atoms with Crippen LogP contribution >= 0.6 is 0 Å². The van der Waals surface area contributed by atoms with Crippen LogP contribution in [0.1, 0.15) is 118 Å². The van der Waals surface area contributed by atoms with Crippen LogP contribution in [-0.4, -0.2) is 56.5 Å². The van der Waals surface area contributed by atoms with Gasteiger partial charge in [0.2, 0.25) is 0 Å². The molecule has 0 bridgehead atoms. The van der Waals surface area contributed by atoms with Crippen molar-refractivity contribution in [3.63, 3.8) is 0 Å². The fourth-order valence-electron chi connectivity index (χ4n) is 9.00. The van der Waals surface area contributed by atoms with E-state index < -0.39 is 0 Å². The average molecular weight is 613 g/mol. The molecule has 46 heavy (non-hydrogen) atoms. The molecule has 2 aliphatic heterocycles. The highest BCUT2D eigenvalue weighted by Gasteiger charge is 2.38. The number of carbonyl (C=O) groups excluding carboxylic acids is 4. The van der Waals surface area contributed by atoms with Gasteiger partial charge in [-0.25, -0.2) is 0 Å². The number of hydrogen-bond acceptors (Lipinski definition) is 6. The first-order valence-corrected chi connectivity index (χ1v) is 17.2. The number of pyridine rings is 2. The molecule has 0 spiro atoms. The van der Waals surface area contributed by atoms with Gasteiger partial charge in [0.1, 0.15) is 0 Å². The van der Waals surface area contributed by atoms with Gasteiger partial charge in [0.25, 0.3) is 23.6 Å². The molecule has 232 valence electrons. The predicted molar refractivity (Wildman–Crippen MR) is 176 cm³/mol. The molecule has 2 aromatic heterocycles. The van der Waals surface area contributed by atoms with Crippen molar-refractivity contribution in [3.05, 3.63) is 58.9 Å². The van der Waals surface area contributed by atoms with Gasteiger partial charge in [-0.3, -0.25) is 38.9 Å². The largest absolute Gasteiger partial charge is 0.274 e. The minimum atomic E-state index is -0.293. The normalized spacial score (nSPS) is 19.6. The molecule has 0 atom stereocenters. The topological polar surface area (TPSA) is 101 Å². The van der Waals surface area contributed by atoms with Gasteiger partial charge in [-0.1, -0.05) is 76.3 Å². The monoisotopic (exact) mass is 612 g/mol. The summed E-state index contributed by atoms with van der Waals surface area (Å²) in [5.41, 5.74) is 3.18. The minimum Gasteiger partial charge on any atom is -0.274 e. The summed E-state index contributed by atoms with van der Waals surface area (Å²) in [6, 6.07) is 7.39. The van der Waals surface area contributed by atoms with Crippen LogP contribution in [0.4, 0.5) is 0 Å². The van der Waals surface area contributed by atoms with E-state index in [0.717, 1.165) is 60.1 Å². The van der Waals surface area contributed by atoms with E-state index in [1.807, 2.05) is 12.1 Å². The fraction of sp³-hybridized carbons (Fsp3) is 0.421. The number of hydrogen-bond donors (Lipinski definition) is 0. The number of rotatable bonds is 6. The summed E-state index contributed by atoms with van der Waals surface area (Å²) in [6.07, 6.45) is 16.9. The molecule has 5 aromatic rings. The molecule has 8 nitrogen and oxygen atoms in total. The van der Waals surface area contributed by atoms with Crippen molar-refractivity contribution < 1.29 is 19.2 Å². The van der Waals surface area contributed by atoms with Gasteiger partial charge in [-0.2, -0.15) is 0 Å². The Hall–Kier alpha value is -4.46. The summed E-state index contributed by atoms with van der Waals surface area (Å²) in [5, 5.41) is 4.22. The second-order valence-corrected chi connectivity index (χ2v) is 14.0. The summed E-state index contributed by atoms with van der Waals surface area (Å²) in [4.78, 5) is 67.8. The Morgan fingerprint density at radius 2 is 0.891 bits per heavy atom. The van der Waals surface area contributed by atoms with Crippen LogP contribution in [0.15, 0.2) is 36.7 Å². The molecule has 2 fully saturated rings. The zero-order valence-corrected chi connectivity index (χ0v) is 25.9. The van der Waals surface area contributed by atoms with E-state index in [0.29, 0.717) is 69.0 Å². The molecule has 0 radical (unpaired) electrons. The standard InChI is InChI=1S/C38H36N4O4/c43-35-25-13-11-23-31-29(25)27(37(45)41(35)17-15-21-7-3-1-4-8-21)19-39-33(31)24-12-14-26-30-28(20-40-34(23)32(24)30)38(46)42(36(26)44)18-16-22-9-5-2-6-10-22/h11-14,19-22H,1-10,15-18H2. The first-order valence-electron chi connectivity index (χ1n) is 17.2. The number of imide groups is 2. The molecule has 4 aliphatic rings. The van der Waals surface area contributed by atoms with Crippen LogP contribution in [0.5, 0.6) is 0 Å². The lowest BCUT2D eigenvalue weighted by Crippen LogP contribution is -2.41. The van der Waals surface area contributed by atoms with E-state index in [2.05, 4.69) is 0 Å². The number of carbonyl (C=O) groups is 4. The minimum absolute atomic E-state index is 0.259. The third-order valence-corrected chi connectivity index (χ3v) is 11.5. The molecular weight excluding hydrogens is 576 g/mol. The van der Waals surface area contributed by atoms with E-state index in [9.17, 15) is 19.2 Å². The summed E-state index contributed by atoms with van der Waals surface area (Å²) in [5.74, 6) is 0.000384. The van der Waals surface area contributed by atoms with Crippen molar-refractivity contribution in [2.75, 3.05) is 13.1 Å². The van der Waals surface area contributed by atoms with Crippen molar-refractivity contribution in [2.24, 2.45) is 11.8 Å². The molecular formula is C38H36N4O4. The second kappa shape index (κ2) is 10.5. The number of benzene rings is 3. The number of aromatic nitrogens is 2. The first-order chi connectivity index (χ1) is 22.5. The lowest BCUT2D eigenvalue weighted by molar-refractivity contribution is 0.0582. The molecule has 0 N–H and O–H groups in total. The zero-order valence-electron chi connectivity index (χ0n) is 25.9.